The molecule has 9 heteroatoms. The van der Waals surface area contributed by atoms with Gasteiger partial charge in [-0.15, -0.1) is 0 Å². The van der Waals surface area contributed by atoms with E-state index >= 15 is 0 Å². The number of ether oxygens (including phenoxy) is 1. The van der Waals surface area contributed by atoms with Crippen molar-refractivity contribution in [3.63, 3.8) is 0 Å². The summed E-state index contributed by atoms with van der Waals surface area (Å²) in [6.07, 6.45) is 1.50. The maximum Gasteiger partial charge on any atom is 0.291 e. The first-order valence-electron chi connectivity index (χ1n) is 10.0. The highest BCUT2D eigenvalue weighted by Gasteiger charge is 2.28. The van der Waals surface area contributed by atoms with Gasteiger partial charge in [-0.25, -0.2) is 4.98 Å². The number of para-hydroxylation sites is 1. The summed E-state index contributed by atoms with van der Waals surface area (Å²) in [5.74, 6) is -0.533. The Morgan fingerprint density at radius 2 is 1.90 bits per heavy atom. The number of aromatic nitrogens is 3. The number of fused-ring (bicyclic) bond motifs is 2. The van der Waals surface area contributed by atoms with Gasteiger partial charge in [-0.3, -0.25) is 14.3 Å². The number of pyridine rings is 1. The molecule has 1 aromatic carbocycles. The molecule has 5 rings (SSSR count). The summed E-state index contributed by atoms with van der Waals surface area (Å²) in [4.78, 5) is 32.3. The molecular weight excluding hydrogens is 398 g/mol. The Morgan fingerprint density at radius 1 is 1.13 bits per heavy atom. The Kier molecular flexibility index (Phi) is 4.67. The Hall–Kier alpha value is -3.72. The third kappa shape index (κ3) is 3.32. The smallest absolute Gasteiger partial charge is 0.291 e. The van der Waals surface area contributed by atoms with Gasteiger partial charge in [-0.2, -0.15) is 5.10 Å². The molecule has 31 heavy (non-hydrogen) atoms. The minimum atomic E-state index is -0.375. The van der Waals surface area contributed by atoms with Gasteiger partial charge >= 0.3 is 0 Å². The van der Waals surface area contributed by atoms with Crippen LogP contribution in [0.4, 0.5) is 5.69 Å². The Balaban J connectivity index is 1.52. The lowest BCUT2D eigenvalue weighted by Gasteiger charge is -2.26. The zero-order valence-corrected chi connectivity index (χ0v) is 17.2. The van der Waals surface area contributed by atoms with Crippen LogP contribution < -0.4 is 5.32 Å². The Morgan fingerprint density at radius 3 is 2.71 bits per heavy atom. The second kappa shape index (κ2) is 7.51. The average Bonchev–Trinajstić information content (AvgIpc) is 3.30. The first kappa shape index (κ1) is 19.3. The number of carbonyl (C=O) groups is 2. The highest BCUT2D eigenvalue weighted by Crippen LogP contribution is 2.32. The summed E-state index contributed by atoms with van der Waals surface area (Å²) in [6.45, 7) is 3.77. The van der Waals surface area contributed by atoms with Gasteiger partial charge in [0, 0.05) is 37.1 Å². The van der Waals surface area contributed by atoms with E-state index in [0.717, 1.165) is 11.1 Å². The van der Waals surface area contributed by atoms with Crippen molar-refractivity contribution in [3.05, 3.63) is 53.5 Å². The minimum Gasteiger partial charge on any atom is -0.449 e. The summed E-state index contributed by atoms with van der Waals surface area (Å²) in [5, 5.41) is 8.69. The maximum absolute atomic E-state index is 13.1. The topological polar surface area (TPSA) is 102 Å². The van der Waals surface area contributed by atoms with Crippen molar-refractivity contribution >= 4 is 39.5 Å². The van der Waals surface area contributed by atoms with Crippen LogP contribution in [0.5, 0.6) is 0 Å². The fourth-order valence-electron chi connectivity index (χ4n) is 3.85. The lowest BCUT2D eigenvalue weighted by atomic mass is 10.1. The van der Waals surface area contributed by atoms with Crippen molar-refractivity contribution in [1.29, 1.82) is 0 Å². The number of anilines is 1. The van der Waals surface area contributed by atoms with E-state index < -0.39 is 0 Å². The predicted octanol–water partition coefficient (Wildman–Crippen LogP) is 2.75. The second-order valence-electron chi connectivity index (χ2n) is 7.47. The first-order valence-corrected chi connectivity index (χ1v) is 10.0. The summed E-state index contributed by atoms with van der Waals surface area (Å²) < 4.78 is 12.9. The maximum atomic E-state index is 13.1. The van der Waals surface area contributed by atoms with Crippen LogP contribution in [0, 0.1) is 6.92 Å². The number of amides is 2. The molecule has 0 atom stereocenters. The normalized spacial score (nSPS) is 14.3. The molecule has 0 radical (unpaired) electrons. The third-order valence-electron chi connectivity index (χ3n) is 5.45. The van der Waals surface area contributed by atoms with Crippen molar-refractivity contribution in [1.82, 2.24) is 19.7 Å². The molecule has 0 bridgehead atoms. The molecule has 4 aromatic rings. The van der Waals surface area contributed by atoms with Crippen molar-refractivity contribution in [2.75, 3.05) is 31.6 Å². The molecule has 1 aliphatic heterocycles. The first-order chi connectivity index (χ1) is 15.0. The molecule has 9 nitrogen and oxygen atoms in total. The van der Waals surface area contributed by atoms with Gasteiger partial charge in [0.15, 0.2) is 5.65 Å². The molecule has 0 saturated carbocycles. The molecule has 4 heterocycles. The van der Waals surface area contributed by atoms with E-state index in [1.807, 2.05) is 32.2 Å². The summed E-state index contributed by atoms with van der Waals surface area (Å²) in [7, 11) is 1.81. The highest BCUT2D eigenvalue weighted by atomic mass is 16.5. The van der Waals surface area contributed by atoms with Crippen molar-refractivity contribution < 1.29 is 18.7 Å². The lowest BCUT2D eigenvalue weighted by molar-refractivity contribution is 0.0285. The summed E-state index contributed by atoms with van der Waals surface area (Å²) in [5.41, 5.74) is 2.76. The molecule has 1 saturated heterocycles. The number of hydrogen-bond donors (Lipinski definition) is 1. The monoisotopic (exact) mass is 419 g/mol. The lowest BCUT2D eigenvalue weighted by Crippen LogP contribution is -2.40. The van der Waals surface area contributed by atoms with E-state index in [0.29, 0.717) is 54.2 Å². The van der Waals surface area contributed by atoms with Crippen molar-refractivity contribution in [3.8, 4) is 0 Å². The van der Waals surface area contributed by atoms with Crippen LogP contribution in [0.2, 0.25) is 0 Å². The number of nitrogens with one attached hydrogen (secondary N) is 1. The molecule has 1 fully saturated rings. The molecular formula is C22H21N5O4. The number of morpholine rings is 1. The zero-order chi connectivity index (χ0) is 21.5. The number of aryl methyl sites for hydroxylation is 2. The Labute approximate surface area is 177 Å². The minimum absolute atomic E-state index is 0.114. The van der Waals surface area contributed by atoms with Gasteiger partial charge in [0.05, 0.1) is 24.5 Å². The van der Waals surface area contributed by atoms with E-state index in [1.54, 1.807) is 21.7 Å². The zero-order valence-electron chi connectivity index (χ0n) is 17.2. The van der Waals surface area contributed by atoms with Gasteiger partial charge in [-0.05, 0) is 25.1 Å². The number of benzene rings is 1. The Bertz CT molecular complexity index is 1320. The van der Waals surface area contributed by atoms with Gasteiger partial charge in [0.2, 0.25) is 5.76 Å². The van der Waals surface area contributed by atoms with Gasteiger partial charge in [-0.1, -0.05) is 12.1 Å². The fourth-order valence-corrected chi connectivity index (χ4v) is 3.85. The summed E-state index contributed by atoms with van der Waals surface area (Å²) in [6, 6.07) is 9.00. The third-order valence-corrected chi connectivity index (χ3v) is 5.45. The van der Waals surface area contributed by atoms with Crippen LogP contribution in [0.15, 0.2) is 40.9 Å². The van der Waals surface area contributed by atoms with Crippen molar-refractivity contribution in [2.45, 2.75) is 6.92 Å². The summed E-state index contributed by atoms with van der Waals surface area (Å²) >= 11 is 0. The molecule has 1 aliphatic rings. The highest BCUT2D eigenvalue weighted by molar-refractivity contribution is 6.14. The fraction of sp³-hybridized carbons (Fsp3) is 0.273. The van der Waals surface area contributed by atoms with Crippen LogP contribution in [-0.4, -0.2) is 57.8 Å². The van der Waals surface area contributed by atoms with E-state index in [2.05, 4.69) is 15.4 Å². The van der Waals surface area contributed by atoms with Crippen LogP contribution in [0.25, 0.3) is 22.0 Å². The molecule has 2 amide bonds. The van der Waals surface area contributed by atoms with Crippen molar-refractivity contribution in [2.24, 2.45) is 7.05 Å². The number of rotatable bonds is 3. The number of carbonyl (C=O) groups excluding carboxylic acids is 2. The van der Waals surface area contributed by atoms with Gasteiger partial charge in [0.25, 0.3) is 11.8 Å². The van der Waals surface area contributed by atoms with Crippen LogP contribution in [0.3, 0.4) is 0 Å². The van der Waals surface area contributed by atoms with E-state index in [4.69, 9.17) is 9.15 Å². The van der Waals surface area contributed by atoms with E-state index in [-0.39, 0.29) is 17.6 Å². The largest absolute Gasteiger partial charge is 0.449 e. The quantitative estimate of drug-likeness (QED) is 0.548. The average molecular weight is 419 g/mol. The molecule has 0 unspecified atom stereocenters. The second-order valence-corrected chi connectivity index (χ2v) is 7.47. The molecule has 158 valence electrons. The van der Waals surface area contributed by atoms with Gasteiger partial charge < -0.3 is 19.4 Å². The molecule has 3 aromatic heterocycles. The number of nitrogens with zero attached hydrogens (tertiary/aromatic N) is 4. The number of furan rings is 1. The van der Waals surface area contributed by atoms with Crippen LogP contribution >= 0.6 is 0 Å². The molecule has 0 aliphatic carbocycles. The molecule has 1 N–H and O–H groups in total. The van der Waals surface area contributed by atoms with Crippen LogP contribution in [-0.2, 0) is 11.8 Å². The standard InChI is InChI=1S/C22H21N5O4/c1-13-16-11-14(12-23-20(16)26(2)25-13)21(28)24-18-15-5-3-4-6-17(15)31-19(18)22(29)27-7-9-30-10-8-27/h3-6,11-12H,7-10H2,1-2H3,(H,24,28). The van der Waals surface area contributed by atoms with Gasteiger partial charge in [0.1, 0.15) is 11.3 Å². The van der Waals surface area contributed by atoms with Crippen LogP contribution in [0.1, 0.15) is 26.6 Å². The predicted molar refractivity (Wildman–Crippen MR) is 114 cm³/mol. The SMILES string of the molecule is Cc1nn(C)c2ncc(C(=O)Nc3c(C(=O)N4CCOCC4)oc4ccccc34)cc12. The van der Waals surface area contributed by atoms with E-state index in [1.165, 1.54) is 6.20 Å². The van der Waals surface area contributed by atoms with E-state index in [9.17, 15) is 9.59 Å². The molecule has 0 spiro atoms. The number of hydrogen-bond acceptors (Lipinski definition) is 6.